The minimum absolute atomic E-state index is 0.0909. The lowest BCUT2D eigenvalue weighted by Crippen LogP contribution is -2.14. The van der Waals surface area contributed by atoms with Crippen LogP contribution in [0.3, 0.4) is 0 Å². The zero-order chi connectivity index (χ0) is 12.7. The van der Waals surface area contributed by atoms with Crippen molar-refractivity contribution >= 4 is 22.5 Å². The predicted octanol–water partition coefficient (Wildman–Crippen LogP) is 3.92. The van der Waals surface area contributed by atoms with Crippen LogP contribution < -0.4 is 5.43 Å². The van der Waals surface area contributed by atoms with Crippen molar-refractivity contribution in [3.63, 3.8) is 0 Å². The third kappa shape index (κ3) is 1.87. The SMILES string of the molecule is Cc1ccc2c(=O)c(C(C)C)c(C)[nH]c2c1Cl. The molecule has 1 N–H and O–H groups in total. The lowest BCUT2D eigenvalue weighted by molar-refractivity contribution is 0.839. The zero-order valence-electron chi connectivity index (χ0n) is 10.5. The Kier molecular flexibility index (Phi) is 3.00. The first-order valence-electron chi connectivity index (χ1n) is 5.75. The molecule has 2 aromatic rings. The van der Waals surface area contributed by atoms with E-state index in [0.717, 1.165) is 22.3 Å². The van der Waals surface area contributed by atoms with Gasteiger partial charge in [-0.1, -0.05) is 31.5 Å². The highest BCUT2D eigenvalue weighted by Crippen LogP contribution is 2.25. The third-order valence-electron chi connectivity index (χ3n) is 3.12. The molecule has 90 valence electrons. The Hall–Kier alpha value is -1.28. The van der Waals surface area contributed by atoms with Crippen LogP contribution in [-0.4, -0.2) is 4.98 Å². The number of benzene rings is 1. The van der Waals surface area contributed by atoms with Gasteiger partial charge < -0.3 is 4.98 Å². The topological polar surface area (TPSA) is 32.9 Å². The van der Waals surface area contributed by atoms with Crippen LogP contribution in [0, 0.1) is 13.8 Å². The predicted molar refractivity (Wildman–Crippen MR) is 73.1 cm³/mol. The molecule has 0 atom stereocenters. The van der Waals surface area contributed by atoms with Crippen molar-refractivity contribution in [1.29, 1.82) is 0 Å². The Morgan fingerprint density at radius 3 is 2.47 bits per heavy atom. The van der Waals surface area contributed by atoms with Crippen molar-refractivity contribution in [2.24, 2.45) is 0 Å². The van der Waals surface area contributed by atoms with E-state index in [-0.39, 0.29) is 11.3 Å². The number of H-pyrrole nitrogens is 1. The Morgan fingerprint density at radius 2 is 1.88 bits per heavy atom. The molecule has 0 fully saturated rings. The minimum atomic E-state index is 0.0909. The molecule has 0 saturated heterocycles. The summed E-state index contributed by atoms with van der Waals surface area (Å²) in [6, 6.07) is 3.74. The molecule has 17 heavy (non-hydrogen) atoms. The van der Waals surface area contributed by atoms with E-state index in [1.54, 1.807) is 0 Å². The number of rotatable bonds is 1. The van der Waals surface area contributed by atoms with E-state index in [1.165, 1.54) is 0 Å². The maximum atomic E-state index is 12.4. The lowest BCUT2D eigenvalue weighted by atomic mass is 9.98. The number of halogens is 1. The molecule has 0 aliphatic rings. The second-order valence-electron chi connectivity index (χ2n) is 4.77. The number of aromatic amines is 1. The molecule has 0 unspecified atom stereocenters. The number of nitrogens with one attached hydrogen (secondary N) is 1. The molecule has 3 heteroatoms. The van der Waals surface area contributed by atoms with Gasteiger partial charge in [0.25, 0.3) is 0 Å². The van der Waals surface area contributed by atoms with Gasteiger partial charge in [-0.3, -0.25) is 4.79 Å². The van der Waals surface area contributed by atoms with Crippen molar-refractivity contribution in [2.45, 2.75) is 33.6 Å². The minimum Gasteiger partial charge on any atom is -0.357 e. The van der Waals surface area contributed by atoms with Gasteiger partial charge in [-0.25, -0.2) is 0 Å². The summed E-state index contributed by atoms with van der Waals surface area (Å²) >= 11 is 6.23. The monoisotopic (exact) mass is 249 g/mol. The first-order chi connectivity index (χ1) is 7.93. The average molecular weight is 250 g/mol. The van der Waals surface area contributed by atoms with Crippen LogP contribution in [-0.2, 0) is 0 Å². The van der Waals surface area contributed by atoms with Gasteiger partial charge in [-0.05, 0) is 31.4 Å². The number of pyridine rings is 1. The fraction of sp³-hybridized carbons (Fsp3) is 0.357. The van der Waals surface area contributed by atoms with Crippen LogP contribution in [0.15, 0.2) is 16.9 Å². The van der Waals surface area contributed by atoms with Gasteiger partial charge in [0.1, 0.15) is 0 Å². The normalized spacial score (nSPS) is 11.4. The summed E-state index contributed by atoms with van der Waals surface area (Å²) in [5, 5.41) is 1.31. The van der Waals surface area contributed by atoms with Gasteiger partial charge >= 0.3 is 0 Å². The highest BCUT2D eigenvalue weighted by atomic mass is 35.5. The Labute approximate surface area is 106 Å². The van der Waals surface area contributed by atoms with Gasteiger partial charge in [0.05, 0.1) is 10.5 Å². The van der Waals surface area contributed by atoms with Crippen molar-refractivity contribution in [3.05, 3.63) is 44.2 Å². The van der Waals surface area contributed by atoms with E-state index in [9.17, 15) is 4.79 Å². The average Bonchev–Trinajstić information content (AvgIpc) is 2.23. The smallest absolute Gasteiger partial charge is 0.193 e. The zero-order valence-corrected chi connectivity index (χ0v) is 11.3. The molecule has 1 aromatic carbocycles. The summed E-state index contributed by atoms with van der Waals surface area (Å²) in [4.78, 5) is 15.6. The Bertz CT molecular complexity index is 641. The molecule has 2 nitrogen and oxygen atoms in total. The highest BCUT2D eigenvalue weighted by Gasteiger charge is 2.14. The van der Waals surface area contributed by atoms with Gasteiger partial charge in [-0.2, -0.15) is 0 Å². The standard InChI is InChI=1S/C14H16ClNO/c1-7(2)11-9(4)16-13-10(14(11)17)6-5-8(3)12(13)15/h5-7H,1-4H3,(H,16,17). The summed E-state index contributed by atoms with van der Waals surface area (Å²) < 4.78 is 0. The van der Waals surface area contributed by atoms with E-state index in [2.05, 4.69) is 4.98 Å². The van der Waals surface area contributed by atoms with Crippen LogP contribution in [0.4, 0.5) is 0 Å². The summed E-state index contributed by atoms with van der Waals surface area (Å²) in [5.74, 6) is 0.211. The van der Waals surface area contributed by atoms with Crippen LogP contribution in [0.25, 0.3) is 10.9 Å². The molecular formula is C14H16ClNO. The molecule has 0 saturated carbocycles. The van der Waals surface area contributed by atoms with Gasteiger partial charge in [0, 0.05) is 16.6 Å². The molecule has 0 amide bonds. The van der Waals surface area contributed by atoms with Gasteiger partial charge in [0.2, 0.25) is 0 Å². The summed E-state index contributed by atoms with van der Waals surface area (Å²) in [5.41, 5.74) is 3.57. The summed E-state index contributed by atoms with van der Waals surface area (Å²) in [7, 11) is 0. The molecule has 1 heterocycles. The maximum Gasteiger partial charge on any atom is 0.193 e. The van der Waals surface area contributed by atoms with Crippen LogP contribution in [0.2, 0.25) is 5.02 Å². The molecule has 0 aliphatic heterocycles. The molecule has 0 bridgehead atoms. The van der Waals surface area contributed by atoms with Crippen LogP contribution in [0.5, 0.6) is 0 Å². The van der Waals surface area contributed by atoms with E-state index in [0.29, 0.717) is 10.4 Å². The summed E-state index contributed by atoms with van der Waals surface area (Å²) in [6.45, 7) is 7.92. The molecular weight excluding hydrogens is 234 g/mol. The van der Waals surface area contributed by atoms with Crippen molar-refractivity contribution in [1.82, 2.24) is 4.98 Å². The molecule has 0 radical (unpaired) electrons. The van der Waals surface area contributed by atoms with Gasteiger partial charge in [-0.15, -0.1) is 0 Å². The van der Waals surface area contributed by atoms with Crippen molar-refractivity contribution in [2.75, 3.05) is 0 Å². The first-order valence-corrected chi connectivity index (χ1v) is 6.13. The number of aromatic nitrogens is 1. The fourth-order valence-corrected chi connectivity index (χ4v) is 2.47. The van der Waals surface area contributed by atoms with Crippen molar-refractivity contribution < 1.29 is 0 Å². The second-order valence-corrected chi connectivity index (χ2v) is 5.14. The maximum absolute atomic E-state index is 12.4. The Balaban J connectivity index is 2.96. The second kappa shape index (κ2) is 4.19. The molecule has 0 aliphatic carbocycles. The summed E-state index contributed by atoms with van der Waals surface area (Å²) in [6.07, 6.45) is 0. The number of aryl methyl sites for hydroxylation is 2. The van der Waals surface area contributed by atoms with E-state index >= 15 is 0 Å². The van der Waals surface area contributed by atoms with Crippen LogP contribution >= 0.6 is 11.6 Å². The quantitative estimate of drug-likeness (QED) is 0.816. The fourth-order valence-electron chi connectivity index (χ4n) is 2.26. The third-order valence-corrected chi connectivity index (χ3v) is 3.61. The number of hydrogen-bond donors (Lipinski definition) is 1. The molecule has 1 aromatic heterocycles. The van der Waals surface area contributed by atoms with E-state index in [1.807, 2.05) is 39.8 Å². The number of hydrogen-bond acceptors (Lipinski definition) is 1. The largest absolute Gasteiger partial charge is 0.357 e. The highest BCUT2D eigenvalue weighted by molar-refractivity contribution is 6.35. The number of fused-ring (bicyclic) bond motifs is 1. The Morgan fingerprint density at radius 1 is 1.24 bits per heavy atom. The van der Waals surface area contributed by atoms with E-state index in [4.69, 9.17) is 11.6 Å². The lowest BCUT2D eigenvalue weighted by Gasteiger charge is -2.12. The van der Waals surface area contributed by atoms with Crippen LogP contribution in [0.1, 0.15) is 36.6 Å². The van der Waals surface area contributed by atoms with E-state index < -0.39 is 0 Å². The molecule has 2 rings (SSSR count). The molecule has 0 spiro atoms. The van der Waals surface area contributed by atoms with Gasteiger partial charge in [0.15, 0.2) is 5.43 Å². The van der Waals surface area contributed by atoms with Crippen molar-refractivity contribution in [3.8, 4) is 0 Å². The first kappa shape index (κ1) is 12.2.